The SMILES string of the molecule is FC(F)(F)COc1nc2nc(n1)Nc1cnn(c1)CCNCCCOc1ccc(cc1)CN2. The van der Waals surface area contributed by atoms with Gasteiger partial charge in [0.25, 0.3) is 0 Å². The lowest BCUT2D eigenvalue weighted by Crippen LogP contribution is -2.22. The first kappa shape index (κ1) is 22.6. The van der Waals surface area contributed by atoms with Gasteiger partial charge in [-0.1, -0.05) is 12.1 Å². The van der Waals surface area contributed by atoms with Gasteiger partial charge in [-0.2, -0.15) is 33.2 Å². The maximum absolute atomic E-state index is 12.6. The molecule has 4 heterocycles. The largest absolute Gasteiger partial charge is 0.494 e. The zero-order valence-corrected chi connectivity index (χ0v) is 17.6. The highest BCUT2D eigenvalue weighted by Gasteiger charge is 2.29. The van der Waals surface area contributed by atoms with Gasteiger partial charge in [-0.3, -0.25) is 4.68 Å². The Kier molecular flexibility index (Phi) is 7.07. The zero-order chi connectivity index (χ0) is 23.1. The second-order valence-electron chi connectivity index (χ2n) is 7.24. The molecule has 3 aromatic rings. The molecule has 0 unspecified atom stereocenters. The van der Waals surface area contributed by atoms with E-state index in [0.29, 0.717) is 31.9 Å². The van der Waals surface area contributed by atoms with E-state index in [2.05, 4.69) is 36.0 Å². The number of aromatic nitrogens is 5. The Morgan fingerprint density at radius 3 is 2.70 bits per heavy atom. The lowest BCUT2D eigenvalue weighted by atomic mass is 10.2. The van der Waals surface area contributed by atoms with Gasteiger partial charge in [0.2, 0.25) is 11.9 Å². The number of halogens is 3. The van der Waals surface area contributed by atoms with E-state index in [1.54, 1.807) is 17.1 Å². The summed E-state index contributed by atoms with van der Waals surface area (Å²) in [5, 5.41) is 13.5. The number of hydrogen-bond acceptors (Lipinski definition) is 9. The molecule has 0 saturated heterocycles. The van der Waals surface area contributed by atoms with Crippen LogP contribution < -0.4 is 25.4 Å². The third kappa shape index (κ3) is 7.20. The third-order valence-electron chi connectivity index (χ3n) is 4.53. The molecule has 0 amide bonds. The second-order valence-corrected chi connectivity index (χ2v) is 7.24. The quantitative estimate of drug-likeness (QED) is 0.527. The van der Waals surface area contributed by atoms with Gasteiger partial charge in [0.1, 0.15) is 5.75 Å². The van der Waals surface area contributed by atoms with E-state index in [1.807, 2.05) is 24.3 Å². The monoisotopic (exact) mass is 464 g/mol. The molecule has 10 nitrogen and oxygen atoms in total. The van der Waals surface area contributed by atoms with Crippen LogP contribution in [0.1, 0.15) is 12.0 Å². The Morgan fingerprint density at radius 1 is 1.06 bits per heavy atom. The van der Waals surface area contributed by atoms with Crippen molar-refractivity contribution in [3.8, 4) is 11.8 Å². The molecule has 0 atom stereocenters. The first-order valence-corrected chi connectivity index (χ1v) is 10.3. The smallest absolute Gasteiger partial charge is 0.422 e. The van der Waals surface area contributed by atoms with Crippen LogP contribution in [0.15, 0.2) is 36.7 Å². The van der Waals surface area contributed by atoms with E-state index in [-0.39, 0.29) is 11.9 Å². The zero-order valence-electron chi connectivity index (χ0n) is 17.6. The van der Waals surface area contributed by atoms with Crippen molar-refractivity contribution >= 4 is 17.6 Å². The molecular weight excluding hydrogens is 441 g/mol. The molecule has 33 heavy (non-hydrogen) atoms. The van der Waals surface area contributed by atoms with Crippen molar-refractivity contribution in [3.63, 3.8) is 0 Å². The van der Waals surface area contributed by atoms with Crippen LogP contribution in [0.4, 0.5) is 30.8 Å². The standard InChI is InChI=1S/C20H23F3N8O2/c21-20(22,23)13-33-19-29-17-25-10-14-2-4-16(5-3-14)32-9-1-6-24-7-8-31-12-15(11-26-31)27-18(28-17)30-19/h2-5,11-12,24H,1,6-10,13H2,(H2,25,27,28,29,30). The number of hydrogen-bond donors (Lipinski definition) is 3. The number of benzene rings is 1. The minimum Gasteiger partial charge on any atom is -0.494 e. The summed E-state index contributed by atoms with van der Waals surface area (Å²) in [4.78, 5) is 12.1. The van der Waals surface area contributed by atoms with Crippen molar-refractivity contribution in [2.45, 2.75) is 25.7 Å². The van der Waals surface area contributed by atoms with Gasteiger partial charge in [-0.15, -0.1) is 0 Å². The van der Waals surface area contributed by atoms with Gasteiger partial charge in [0, 0.05) is 19.3 Å². The van der Waals surface area contributed by atoms with Crippen molar-refractivity contribution < 1.29 is 22.6 Å². The Labute approximate surface area is 187 Å². The van der Waals surface area contributed by atoms with E-state index < -0.39 is 18.8 Å². The fraction of sp³-hybridized carbons (Fsp3) is 0.400. The molecule has 5 rings (SSSR count). The van der Waals surface area contributed by atoms with Crippen LogP contribution in [-0.2, 0) is 13.1 Å². The molecule has 0 fully saturated rings. The Balaban J connectivity index is 1.56. The van der Waals surface area contributed by atoms with Crippen molar-refractivity contribution in [1.82, 2.24) is 30.0 Å². The van der Waals surface area contributed by atoms with Gasteiger partial charge in [0.15, 0.2) is 6.61 Å². The fourth-order valence-electron chi connectivity index (χ4n) is 2.97. The van der Waals surface area contributed by atoms with Crippen molar-refractivity contribution in [2.24, 2.45) is 0 Å². The first-order chi connectivity index (χ1) is 15.9. The molecule has 0 radical (unpaired) electrons. The molecule has 0 saturated carbocycles. The minimum absolute atomic E-state index is 0.0282. The Bertz CT molecular complexity index is 1040. The summed E-state index contributed by atoms with van der Waals surface area (Å²) in [5.74, 6) is 0.850. The number of ether oxygens (including phenoxy) is 2. The molecular formula is C20H23F3N8O2. The molecule has 2 aliphatic rings. The second kappa shape index (κ2) is 10.3. The summed E-state index contributed by atoms with van der Waals surface area (Å²) in [6, 6.07) is 7.03. The van der Waals surface area contributed by atoms with Crippen molar-refractivity contribution in [3.05, 3.63) is 42.2 Å². The highest BCUT2D eigenvalue weighted by atomic mass is 19.4. The van der Waals surface area contributed by atoms with E-state index in [0.717, 1.165) is 24.3 Å². The highest BCUT2D eigenvalue weighted by molar-refractivity contribution is 5.52. The summed E-state index contributed by atoms with van der Waals surface area (Å²) in [5.41, 5.74) is 1.49. The maximum Gasteiger partial charge on any atom is 0.422 e. The minimum atomic E-state index is -4.52. The fourth-order valence-corrected chi connectivity index (χ4v) is 2.97. The highest BCUT2D eigenvalue weighted by Crippen LogP contribution is 2.20. The van der Waals surface area contributed by atoms with Crippen LogP contribution >= 0.6 is 0 Å². The molecule has 2 aliphatic heterocycles. The van der Waals surface area contributed by atoms with Crippen molar-refractivity contribution in [1.29, 1.82) is 0 Å². The molecule has 2 aromatic heterocycles. The summed E-state index contributed by atoms with van der Waals surface area (Å²) >= 11 is 0. The summed E-state index contributed by atoms with van der Waals surface area (Å²) < 4.78 is 50.0. The van der Waals surface area contributed by atoms with Crippen LogP contribution in [0.5, 0.6) is 11.8 Å². The average molecular weight is 464 g/mol. The topological polar surface area (TPSA) is 111 Å². The Hall–Kier alpha value is -3.61. The van der Waals surface area contributed by atoms with E-state index in [1.165, 1.54) is 0 Å². The third-order valence-corrected chi connectivity index (χ3v) is 4.53. The molecule has 6 bridgehead atoms. The van der Waals surface area contributed by atoms with Crippen LogP contribution in [0.25, 0.3) is 0 Å². The molecule has 1 aromatic carbocycles. The van der Waals surface area contributed by atoms with Gasteiger partial charge >= 0.3 is 12.2 Å². The van der Waals surface area contributed by atoms with Crippen LogP contribution in [0.3, 0.4) is 0 Å². The predicted molar refractivity (Wildman–Crippen MR) is 114 cm³/mol. The lowest BCUT2D eigenvalue weighted by Gasteiger charge is -2.12. The number of nitrogens with zero attached hydrogens (tertiary/aromatic N) is 5. The normalized spacial score (nSPS) is 15.1. The molecule has 3 N–H and O–H groups in total. The lowest BCUT2D eigenvalue weighted by molar-refractivity contribution is -0.154. The number of fused-ring (bicyclic) bond motifs is 9. The molecule has 176 valence electrons. The summed E-state index contributed by atoms with van der Waals surface area (Å²) in [7, 11) is 0. The van der Waals surface area contributed by atoms with Gasteiger partial charge in [-0.25, -0.2) is 0 Å². The number of nitrogens with one attached hydrogen (secondary N) is 3. The number of rotatable bonds is 2. The first-order valence-electron chi connectivity index (χ1n) is 10.3. The van der Waals surface area contributed by atoms with Gasteiger partial charge in [-0.05, 0) is 30.7 Å². The van der Waals surface area contributed by atoms with Crippen LogP contribution in [0.2, 0.25) is 0 Å². The van der Waals surface area contributed by atoms with Gasteiger partial charge in [0.05, 0.1) is 25.0 Å². The number of alkyl halides is 3. The van der Waals surface area contributed by atoms with E-state index in [4.69, 9.17) is 9.47 Å². The maximum atomic E-state index is 12.6. The van der Waals surface area contributed by atoms with Gasteiger partial charge < -0.3 is 25.4 Å². The average Bonchev–Trinajstić information content (AvgIpc) is 3.22. The number of anilines is 3. The van der Waals surface area contributed by atoms with E-state index in [9.17, 15) is 13.2 Å². The summed E-state index contributed by atoms with van der Waals surface area (Å²) in [6.45, 7) is 1.57. The Morgan fingerprint density at radius 2 is 1.88 bits per heavy atom. The molecule has 13 heteroatoms. The van der Waals surface area contributed by atoms with Crippen LogP contribution in [0, 0.1) is 0 Å². The van der Waals surface area contributed by atoms with E-state index >= 15 is 0 Å². The van der Waals surface area contributed by atoms with Crippen LogP contribution in [-0.4, -0.2) is 57.2 Å². The molecule has 0 spiro atoms. The predicted octanol–water partition coefficient (Wildman–Crippen LogP) is 2.74. The van der Waals surface area contributed by atoms with Crippen molar-refractivity contribution in [2.75, 3.05) is 36.9 Å². The molecule has 0 aliphatic carbocycles. The summed E-state index contributed by atoms with van der Waals surface area (Å²) in [6.07, 6.45) is -0.330.